The van der Waals surface area contributed by atoms with E-state index in [-0.39, 0.29) is 23.7 Å². The predicted molar refractivity (Wildman–Crippen MR) is 137 cm³/mol. The fourth-order valence-electron chi connectivity index (χ4n) is 5.31. The number of halogens is 1. The molecule has 1 N–H and O–H groups in total. The van der Waals surface area contributed by atoms with Gasteiger partial charge in [-0.25, -0.2) is 4.39 Å². The van der Waals surface area contributed by atoms with Crippen LogP contribution in [0.15, 0.2) is 42.5 Å². The molecule has 0 saturated heterocycles. The van der Waals surface area contributed by atoms with Crippen LogP contribution in [0.4, 0.5) is 10.1 Å². The fraction of sp³-hybridized carbons (Fsp3) is 0.533. The van der Waals surface area contributed by atoms with Crippen LogP contribution in [0.3, 0.4) is 0 Å². The number of carbonyl (C=O) groups excluding carboxylic acids is 2. The minimum absolute atomic E-state index is 0.0917. The molecule has 2 aromatic carbocycles. The van der Waals surface area contributed by atoms with Crippen molar-refractivity contribution in [2.24, 2.45) is 11.3 Å². The summed E-state index contributed by atoms with van der Waals surface area (Å²) in [5.41, 5.74) is 2.26. The number of aryl methyl sites for hydroxylation is 1. The van der Waals surface area contributed by atoms with Gasteiger partial charge in [-0.1, -0.05) is 44.0 Å². The lowest BCUT2D eigenvalue weighted by Gasteiger charge is -2.24. The van der Waals surface area contributed by atoms with Crippen molar-refractivity contribution in [1.29, 1.82) is 0 Å². The number of benzene rings is 2. The van der Waals surface area contributed by atoms with Gasteiger partial charge in [-0.3, -0.25) is 9.59 Å². The van der Waals surface area contributed by atoms with E-state index in [0.717, 1.165) is 50.5 Å². The summed E-state index contributed by atoms with van der Waals surface area (Å²) in [6, 6.07) is 12.9. The standard InChI is InChI=1S/C30H38FNO3/c1-5-20-10-12-23(13-11-20)26(22-8-6-7-9-22)27(33)32-25-17-21(16-24(31)18-25)19-30(14-15-30)28(34)35-29(2,3)4/h10-13,16-18,22,26H,5-9,14-15,19H2,1-4H3,(H,32,33)/t26-/m0/s1. The van der Waals surface area contributed by atoms with Crippen molar-refractivity contribution < 1.29 is 18.7 Å². The molecule has 2 aliphatic rings. The average molecular weight is 480 g/mol. The summed E-state index contributed by atoms with van der Waals surface area (Å²) in [7, 11) is 0. The van der Waals surface area contributed by atoms with Gasteiger partial charge in [0.25, 0.3) is 0 Å². The highest BCUT2D eigenvalue weighted by molar-refractivity contribution is 5.96. The Morgan fingerprint density at radius 3 is 2.29 bits per heavy atom. The maximum absolute atomic E-state index is 14.6. The third-order valence-corrected chi connectivity index (χ3v) is 7.35. The largest absolute Gasteiger partial charge is 0.460 e. The first-order valence-corrected chi connectivity index (χ1v) is 13.0. The van der Waals surface area contributed by atoms with Crippen LogP contribution in [0.1, 0.15) is 88.8 Å². The molecule has 0 heterocycles. The number of rotatable bonds is 8. The smallest absolute Gasteiger partial charge is 0.312 e. The predicted octanol–water partition coefficient (Wildman–Crippen LogP) is 6.97. The highest BCUT2D eigenvalue weighted by atomic mass is 19.1. The molecule has 0 unspecified atom stereocenters. The third-order valence-electron chi connectivity index (χ3n) is 7.35. The first kappa shape index (κ1) is 25.4. The van der Waals surface area contributed by atoms with Crippen LogP contribution in [0.5, 0.6) is 0 Å². The number of amides is 1. The second-order valence-corrected chi connectivity index (χ2v) is 11.4. The Balaban J connectivity index is 1.52. The average Bonchev–Trinajstić information content (AvgIpc) is 3.36. The van der Waals surface area contributed by atoms with Crippen LogP contribution < -0.4 is 5.32 Å². The van der Waals surface area contributed by atoms with Gasteiger partial charge < -0.3 is 10.1 Å². The topological polar surface area (TPSA) is 55.4 Å². The van der Waals surface area contributed by atoms with Crippen molar-refractivity contribution >= 4 is 17.6 Å². The van der Waals surface area contributed by atoms with Gasteiger partial charge in [0, 0.05) is 5.69 Å². The molecule has 0 aliphatic heterocycles. The molecule has 2 aliphatic carbocycles. The number of hydrogen-bond donors (Lipinski definition) is 1. The van der Waals surface area contributed by atoms with Gasteiger partial charge in [-0.2, -0.15) is 0 Å². The van der Waals surface area contributed by atoms with E-state index >= 15 is 0 Å². The highest BCUT2D eigenvalue weighted by Crippen LogP contribution is 2.50. The summed E-state index contributed by atoms with van der Waals surface area (Å²) in [4.78, 5) is 26.3. The molecular weight excluding hydrogens is 441 g/mol. The zero-order chi connectivity index (χ0) is 25.2. The van der Waals surface area contributed by atoms with Gasteiger partial charge in [-0.15, -0.1) is 0 Å². The maximum Gasteiger partial charge on any atom is 0.312 e. The lowest BCUT2D eigenvalue weighted by atomic mass is 9.83. The van der Waals surface area contributed by atoms with Crippen LogP contribution in [0.25, 0.3) is 0 Å². The lowest BCUT2D eigenvalue weighted by Crippen LogP contribution is -2.31. The van der Waals surface area contributed by atoms with Gasteiger partial charge in [0.1, 0.15) is 11.4 Å². The molecule has 5 heteroatoms. The SMILES string of the molecule is CCc1ccc([C@@H](C(=O)Nc2cc(F)cc(CC3(C(=O)OC(C)(C)C)CC3)c2)C2CCCC2)cc1. The molecule has 4 rings (SSSR count). The van der Waals surface area contributed by atoms with E-state index in [4.69, 9.17) is 4.74 Å². The molecule has 0 aromatic heterocycles. The van der Waals surface area contributed by atoms with Crippen LogP contribution in [-0.4, -0.2) is 17.5 Å². The number of ether oxygens (including phenoxy) is 1. The van der Waals surface area contributed by atoms with Crippen LogP contribution >= 0.6 is 0 Å². The minimum atomic E-state index is -0.588. The number of carbonyl (C=O) groups is 2. The maximum atomic E-state index is 14.6. The Labute approximate surface area is 208 Å². The number of nitrogens with one attached hydrogen (secondary N) is 1. The van der Waals surface area contributed by atoms with Gasteiger partial charge in [0.05, 0.1) is 11.3 Å². The quantitative estimate of drug-likeness (QED) is 0.416. The second-order valence-electron chi connectivity index (χ2n) is 11.4. The van der Waals surface area contributed by atoms with Gasteiger partial charge >= 0.3 is 5.97 Å². The molecule has 188 valence electrons. The van der Waals surface area contributed by atoms with Gasteiger partial charge in [-0.05, 0) is 100 Å². The van der Waals surface area contributed by atoms with E-state index in [2.05, 4.69) is 36.5 Å². The molecule has 35 heavy (non-hydrogen) atoms. The molecule has 0 spiro atoms. The normalized spacial score (nSPS) is 18.2. The first-order chi connectivity index (χ1) is 16.6. The number of esters is 1. The Hall–Kier alpha value is -2.69. The summed E-state index contributed by atoms with van der Waals surface area (Å²) >= 11 is 0. The van der Waals surface area contributed by atoms with Crippen LogP contribution in [-0.2, 0) is 27.2 Å². The molecule has 0 radical (unpaired) electrons. The van der Waals surface area contributed by atoms with Crippen molar-refractivity contribution in [3.8, 4) is 0 Å². The summed E-state index contributed by atoms with van der Waals surface area (Å²) in [5.74, 6) is -0.700. The molecule has 1 atom stereocenters. The fourth-order valence-corrected chi connectivity index (χ4v) is 5.31. The molecule has 0 bridgehead atoms. The Kier molecular flexibility index (Phi) is 7.35. The van der Waals surface area contributed by atoms with Crippen LogP contribution in [0, 0.1) is 17.2 Å². The minimum Gasteiger partial charge on any atom is -0.460 e. The monoisotopic (exact) mass is 479 g/mol. The third kappa shape index (κ3) is 6.31. The van der Waals surface area contributed by atoms with Crippen molar-refractivity contribution in [3.63, 3.8) is 0 Å². The van der Waals surface area contributed by atoms with E-state index in [1.807, 2.05) is 20.8 Å². The zero-order valence-corrected chi connectivity index (χ0v) is 21.5. The van der Waals surface area contributed by atoms with Crippen molar-refractivity contribution in [3.05, 3.63) is 65.0 Å². The zero-order valence-electron chi connectivity index (χ0n) is 21.5. The van der Waals surface area contributed by atoms with E-state index in [9.17, 15) is 14.0 Å². The summed E-state index contributed by atoms with van der Waals surface area (Å²) < 4.78 is 20.2. The van der Waals surface area contributed by atoms with Gasteiger partial charge in [0.15, 0.2) is 0 Å². The number of anilines is 1. The second kappa shape index (κ2) is 10.1. The van der Waals surface area contributed by atoms with Crippen LogP contribution in [0.2, 0.25) is 0 Å². The summed E-state index contributed by atoms with van der Waals surface area (Å²) in [5, 5.41) is 3.01. The molecular formula is C30H38FNO3. The van der Waals surface area contributed by atoms with E-state index in [1.54, 1.807) is 6.07 Å². The van der Waals surface area contributed by atoms with Crippen molar-refractivity contribution in [1.82, 2.24) is 0 Å². The van der Waals surface area contributed by atoms with E-state index in [0.29, 0.717) is 17.7 Å². The molecule has 2 fully saturated rings. The van der Waals surface area contributed by atoms with E-state index in [1.165, 1.54) is 17.7 Å². The van der Waals surface area contributed by atoms with Gasteiger partial charge in [0.2, 0.25) is 5.91 Å². The highest BCUT2D eigenvalue weighted by Gasteiger charge is 2.52. The molecule has 2 aromatic rings. The first-order valence-electron chi connectivity index (χ1n) is 13.0. The Morgan fingerprint density at radius 2 is 1.71 bits per heavy atom. The Morgan fingerprint density at radius 1 is 1.06 bits per heavy atom. The molecule has 2 saturated carbocycles. The van der Waals surface area contributed by atoms with E-state index < -0.39 is 16.8 Å². The summed E-state index contributed by atoms with van der Waals surface area (Å²) in [6.45, 7) is 7.68. The van der Waals surface area contributed by atoms with Crippen molar-refractivity contribution in [2.75, 3.05) is 5.32 Å². The van der Waals surface area contributed by atoms with Crippen molar-refractivity contribution in [2.45, 2.75) is 90.6 Å². The molecule has 4 nitrogen and oxygen atoms in total. The molecule has 1 amide bonds. The Bertz CT molecular complexity index is 1060. The lowest BCUT2D eigenvalue weighted by molar-refractivity contribution is -0.161. The number of hydrogen-bond acceptors (Lipinski definition) is 3. The summed E-state index contributed by atoms with van der Waals surface area (Å²) in [6.07, 6.45) is 7.16.